The number of aromatic nitrogens is 1. The molecule has 2 aromatic rings. The van der Waals surface area contributed by atoms with Crippen LogP contribution in [0.15, 0.2) is 22.5 Å². The van der Waals surface area contributed by atoms with Gasteiger partial charge in [-0.05, 0) is 19.4 Å². The zero-order chi connectivity index (χ0) is 10.1. The highest BCUT2D eigenvalue weighted by atomic mass is 32.1. The van der Waals surface area contributed by atoms with Gasteiger partial charge in [0.05, 0.1) is 29.8 Å². The Bertz CT molecular complexity index is 393. The first-order valence-corrected chi connectivity index (χ1v) is 5.26. The van der Waals surface area contributed by atoms with Crippen molar-refractivity contribution in [2.75, 3.05) is 0 Å². The molecule has 0 aromatic carbocycles. The average Bonchev–Trinajstić information content (AvgIpc) is 2.73. The van der Waals surface area contributed by atoms with Crippen LogP contribution in [0, 0.1) is 13.8 Å². The molecule has 0 aliphatic heterocycles. The predicted molar refractivity (Wildman–Crippen MR) is 56.3 cm³/mol. The first kappa shape index (κ1) is 9.43. The minimum absolute atomic E-state index is 0.110. The van der Waals surface area contributed by atoms with Crippen molar-refractivity contribution in [3.8, 4) is 0 Å². The quantitative estimate of drug-likeness (QED) is 0.824. The molecule has 0 aliphatic carbocycles. The summed E-state index contributed by atoms with van der Waals surface area (Å²) in [6, 6.07) is -0.110. The van der Waals surface area contributed by atoms with Crippen molar-refractivity contribution in [3.63, 3.8) is 0 Å². The first-order chi connectivity index (χ1) is 6.70. The van der Waals surface area contributed by atoms with E-state index in [0.29, 0.717) is 0 Å². The second-order valence-electron chi connectivity index (χ2n) is 3.29. The summed E-state index contributed by atoms with van der Waals surface area (Å²) in [5.74, 6) is 0. The van der Waals surface area contributed by atoms with E-state index in [1.165, 1.54) is 0 Å². The van der Waals surface area contributed by atoms with Crippen LogP contribution in [0.25, 0.3) is 0 Å². The summed E-state index contributed by atoms with van der Waals surface area (Å²) in [5, 5.41) is 0. The van der Waals surface area contributed by atoms with Gasteiger partial charge in [0.15, 0.2) is 0 Å². The summed E-state index contributed by atoms with van der Waals surface area (Å²) in [6.45, 7) is 3.97. The largest absolute Gasteiger partial charge is 0.472 e. The second-order valence-corrected chi connectivity index (χ2v) is 4.18. The van der Waals surface area contributed by atoms with Gasteiger partial charge in [-0.2, -0.15) is 0 Å². The minimum Gasteiger partial charge on any atom is -0.472 e. The Kier molecular flexibility index (Phi) is 2.39. The Hall–Kier alpha value is -1.13. The fourth-order valence-corrected chi connectivity index (χ4v) is 2.26. The standard InChI is InChI=1S/C10H12N2OS/c1-6-3-13-4-8(6)9(11)10-7(2)12-5-14-10/h3-5,9H,11H2,1-2H3. The third kappa shape index (κ3) is 1.47. The molecule has 0 fully saturated rings. The monoisotopic (exact) mass is 208 g/mol. The second kappa shape index (κ2) is 3.55. The molecule has 2 aromatic heterocycles. The summed E-state index contributed by atoms with van der Waals surface area (Å²) in [4.78, 5) is 5.29. The zero-order valence-corrected chi connectivity index (χ0v) is 8.97. The van der Waals surface area contributed by atoms with E-state index in [-0.39, 0.29) is 6.04 Å². The van der Waals surface area contributed by atoms with Crippen molar-refractivity contribution in [2.24, 2.45) is 5.73 Å². The summed E-state index contributed by atoms with van der Waals surface area (Å²) in [5.41, 5.74) is 11.1. The van der Waals surface area contributed by atoms with Crippen LogP contribution in [0.2, 0.25) is 0 Å². The van der Waals surface area contributed by atoms with Crippen molar-refractivity contribution < 1.29 is 4.42 Å². The van der Waals surface area contributed by atoms with Crippen LogP contribution in [0.5, 0.6) is 0 Å². The van der Waals surface area contributed by atoms with E-state index < -0.39 is 0 Å². The van der Waals surface area contributed by atoms with Gasteiger partial charge in [-0.3, -0.25) is 0 Å². The van der Waals surface area contributed by atoms with E-state index in [0.717, 1.165) is 21.7 Å². The fourth-order valence-electron chi connectivity index (χ4n) is 1.44. The maximum absolute atomic E-state index is 6.12. The molecule has 0 radical (unpaired) electrons. The van der Waals surface area contributed by atoms with Gasteiger partial charge in [0, 0.05) is 10.4 Å². The van der Waals surface area contributed by atoms with Gasteiger partial charge < -0.3 is 10.2 Å². The highest BCUT2D eigenvalue weighted by Gasteiger charge is 2.16. The normalized spacial score (nSPS) is 13.1. The third-order valence-electron chi connectivity index (χ3n) is 2.30. The summed E-state index contributed by atoms with van der Waals surface area (Å²) >= 11 is 1.59. The molecule has 1 atom stereocenters. The molecule has 0 aliphatic rings. The number of furan rings is 1. The molecule has 4 heteroatoms. The Labute approximate surface area is 86.6 Å². The van der Waals surface area contributed by atoms with Crippen LogP contribution in [-0.2, 0) is 0 Å². The summed E-state index contributed by atoms with van der Waals surface area (Å²) < 4.78 is 5.11. The summed E-state index contributed by atoms with van der Waals surface area (Å²) in [7, 11) is 0. The van der Waals surface area contributed by atoms with Crippen molar-refractivity contribution in [3.05, 3.63) is 39.7 Å². The Morgan fingerprint density at radius 2 is 2.21 bits per heavy atom. The lowest BCUT2D eigenvalue weighted by atomic mass is 10.1. The van der Waals surface area contributed by atoms with E-state index in [1.807, 2.05) is 19.4 Å². The fraction of sp³-hybridized carbons (Fsp3) is 0.300. The summed E-state index contributed by atoms with van der Waals surface area (Å²) in [6.07, 6.45) is 3.42. The number of nitrogens with zero attached hydrogens (tertiary/aromatic N) is 1. The lowest BCUT2D eigenvalue weighted by Gasteiger charge is -2.08. The average molecular weight is 208 g/mol. The van der Waals surface area contributed by atoms with E-state index in [4.69, 9.17) is 10.2 Å². The van der Waals surface area contributed by atoms with Crippen molar-refractivity contribution in [1.82, 2.24) is 4.98 Å². The number of aryl methyl sites for hydroxylation is 2. The van der Waals surface area contributed by atoms with E-state index in [9.17, 15) is 0 Å². The van der Waals surface area contributed by atoms with Gasteiger partial charge >= 0.3 is 0 Å². The molecule has 2 heterocycles. The van der Waals surface area contributed by atoms with Crippen molar-refractivity contribution in [2.45, 2.75) is 19.9 Å². The van der Waals surface area contributed by atoms with Crippen LogP contribution >= 0.6 is 11.3 Å². The molecule has 74 valence electrons. The van der Waals surface area contributed by atoms with Gasteiger partial charge in [-0.15, -0.1) is 11.3 Å². The van der Waals surface area contributed by atoms with E-state index in [2.05, 4.69) is 4.98 Å². The van der Waals surface area contributed by atoms with E-state index in [1.54, 1.807) is 23.9 Å². The van der Waals surface area contributed by atoms with Crippen LogP contribution in [-0.4, -0.2) is 4.98 Å². The molecule has 0 saturated heterocycles. The Balaban J connectivity index is 2.38. The number of hydrogen-bond acceptors (Lipinski definition) is 4. The molecule has 0 bridgehead atoms. The SMILES string of the molecule is Cc1cocc1C(N)c1scnc1C. The number of hydrogen-bond donors (Lipinski definition) is 1. The lowest BCUT2D eigenvalue weighted by molar-refractivity contribution is 0.561. The first-order valence-electron chi connectivity index (χ1n) is 4.38. The minimum atomic E-state index is -0.110. The van der Waals surface area contributed by atoms with Crippen LogP contribution in [0.3, 0.4) is 0 Å². The molecule has 2 rings (SSSR count). The molecular weight excluding hydrogens is 196 g/mol. The number of nitrogens with two attached hydrogens (primary N) is 1. The number of thiazole rings is 1. The highest BCUT2D eigenvalue weighted by molar-refractivity contribution is 7.09. The highest BCUT2D eigenvalue weighted by Crippen LogP contribution is 2.27. The van der Waals surface area contributed by atoms with Crippen molar-refractivity contribution in [1.29, 1.82) is 0 Å². The predicted octanol–water partition coefficient (Wildman–Crippen LogP) is 2.40. The van der Waals surface area contributed by atoms with Gasteiger partial charge in [0.25, 0.3) is 0 Å². The Morgan fingerprint density at radius 3 is 2.71 bits per heavy atom. The van der Waals surface area contributed by atoms with Crippen LogP contribution in [0.1, 0.15) is 27.7 Å². The molecule has 3 nitrogen and oxygen atoms in total. The van der Waals surface area contributed by atoms with Gasteiger partial charge in [0.1, 0.15) is 0 Å². The van der Waals surface area contributed by atoms with Crippen molar-refractivity contribution >= 4 is 11.3 Å². The maximum atomic E-state index is 6.12. The van der Waals surface area contributed by atoms with Crippen LogP contribution in [0.4, 0.5) is 0 Å². The van der Waals surface area contributed by atoms with Gasteiger partial charge in [0.2, 0.25) is 0 Å². The molecule has 2 N–H and O–H groups in total. The zero-order valence-electron chi connectivity index (χ0n) is 8.15. The molecule has 0 amide bonds. The molecule has 1 unspecified atom stereocenters. The molecule has 0 saturated carbocycles. The maximum Gasteiger partial charge on any atom is 0.0956 e. The van der Waals surface area contributed by atoms with Gasteiger partial charge in [-0.25, -0.2) is 4.98 Å². The van der Waals surface area contributed by atoms with E-state index >= 15 is 0 Å². The van der Waals surface area contributed by atoms with Crippen LogP contribution < -0.4 is 5.73 Å². The van der Waals surface area contributed by atoms with Gasteiger partial charge in [-0.1, -0.05) is 0 Å². The Morgan fingerprint density at radius 1 is 1.43 bits per heavy atom. The molecule has 14 heavy (non-hydrogen) atoms. The molecule has 0 spiro atoms. The third-order valence-corrected chi connectivity index (χ3v) is 3.31. The topological polar surface area (TPSA) is 52.0 Å². The number of rotatable bonds is 2. The lowest BCUT2D eigenvalue weighted by Crippen LogP contribution is -2.11. The molecular formula is C10H12N2OS. The smallest absolute Gasteiger partial charge is 0.0956 e.